The van der Waals surface area contributed by atoms with Crippen LogP contribution in [0.25, 0.3) is 0 Å². The number of pyridine rings is 1. The summed E-state index contributed by atoms with van der Waals surface area (Å²) in [6, 6.07) is 19.8. The summed E-state index contributed by atoms with van der Waals surface area (Å²) in [6.07, 6.45) is 2.73. The predicted molar refractivity (Wildman–Crippen MR) is 135 cm³/mol. The van der Waals surface area contributed by atoms with Crippen molar-refractivity contribution >= 4 is 41.4 Å². The topological polar surface area (TPSA) is 77.6 Å². The van der Waals surface area contributed by atoms with E-state index in [-0.39, 0.29) is 24.2 Å². The van der Waals surface area contributed by atoms with E-state index in [0.29, 0.717) is 22.6 Å². The number of hydrogen-bond acceptors (Lipinski definition) is 5. The van der Waals surface area contributed by atoms with E-state index in [0.717, 1.165) is 38.3 Å². The molecule has 0 bridgehead atoms. The van der Waals surface area contributed by atoms with E-state index in [1.165, 1.54) is 0 Å². The first-order valence-electron chi connectivity index (χ1n) is 10.8. The Kier molecular flexibility index (Phi) is 8.40. The lowest BCUT2D eigenvalue weighted by molar-refractivity contribution is 0.102. The van der Waals surface area contributed by atoms with E-state index >= 15 is 0 Å². The van der Waals surface area contributed by atoms with Crippen molar-refractivity contribution < 1.29 is 9.59 Å². The van der Waals surface area contributed by atoms with Gasteiger partial charge in [-0.25, -0.2) is 4.98 Å². The van der Waals surface area contributed by atoms with Gasteiger partial charge in [-0.1, -0.05) is 18.2 Å². The predicted octanol–water partition coefficient (Wildman–Crippen LogP) is 4.15. The minimum Gasteiger partial charge on any atom is -0.370 e. The molecule has 1 aliphatic rings. The van der Waals surface area contributed by atoms with Crippen molar-refractivity contribution in [1.29, 1.82) is 0 Å². The summed E-state index contributed by atoms with van der Waals surface area (Å²) in [5.41, 5.74) is 2.48. The summed E-state index contributed by atoms with van der Waals surface area (Å²) < 4.78 is 0. The van der Waals surface area contributed by atoms with Gasteiger partial charge < -0.3 is 20.4 Å². The van der Waals surface area contributed by atoms with Crippen LogP contribution in [0.3, 0.4) is 0 Å². The van der Waals surface area contributed by atoms with Crippen molar-refractivity contribution in [3.63, 3.8) is 0 Å². The molecular formula is C25H28ClN5O2. The van der Waals surface area contributed by atoms with Gasteiger partial charge >= 0.3 is 0 Å². The lowest BCUT2D eigenvalue weighted by Gasteiger charge is -2.23. The number of nitrogens with zero attached hydrogens (tertiary/aromatic N) is 3. The minimum absolute atomic E-state index is 0. The molecule has 2 amide bonds. The molecule has 8 heteroatoms. The molecule has 1 saturated heterocycles. The van der Waals surface area contributed by atoms with Gasteiger partial charge in [-0.05, 0) is 68.5 Å². The molecule has 0 atom stereocenters. The number of anilines is 3. The highest BCUT2D eigenvalue weighted by atomic mass is 35.5. The number of benzene rings is 2. The van der Waals surface area contributed by atoms with Crippen LogP contribution in [-0.2, 0) is 0 Å². The molecule has 2 aromatic carbocycles. The summed E-state index contributed by atoms with van der Waals surface area (Å²) in [6.45, 7) is 4.11. The molecule has 0 spiro atoms. The van der Waals surface area contributed by atoms with Crippen LogP contribution < -0.4 is 15.5 Å². The Balaban J connectivity index is 0.00000306. The lowest BCUT2D eigenvalue weighted by atomic mass is 10.1. The third-order valence-electron chi connectivity index (χ3n) is 5.54. The number of carbonyl (C=O) groups is 2. The van der Waals surface area contributed by atoms with Crippen LogP contribution in [0.1, 0.15) is 27.1 Å². The van der Waals surface area contributed by atoms with E-state index in [4.69, 9.17) is 0 Å². The molecule has 172 valence electrons. The molecule has 4 rings (SSSR count). The third-order valence-corrected chi connectivity index (χ3v) is 5.54. The molecule has 33 heavy (non-hydrogen) atoms. The highest BCUT2D eigenvalue weighted by molar-refractivity contribution is 6.12. The molecule has 1 aliphatic heterocycles. The third kappa shape index (κ3) is 6.31. The highest BCUT2D eigenvalue weighted by Gasteiger charge is 2.16. The van der Waals surface area contributed by atoms with Crippen LogP contribution in [0.15, 0.2) is 72.9 Å². The SMILES string of the molecule is CN1CCCN(c2ccc(C(=O)Nc3ccccc3C(=O)Nc3ccccn3)cc2)CC1.Cl. The number of nitrogens with one attached hydrogen (secondary N) is 2. The van der Waals surface area contributed by atoms with Crippen LogP contribution in [0, 0.1) is 0 Å². The van der Waals surface area contributed by atoms with Gasteiger partial charge in [0.05, 0.1) is 11.3 Å². The highest BCUT2D eigenvalue weighted by Crippen LogP contribution is 2.20. The first kappa shape index (κ1) is 24.2. The number of likely N-dealkylation sites (N-methyl/N-ethyl adjacent to an activating group) is 1. The number of aromatic nitrogens is 1. The van der Waals surface area contributed by atoms with Crippen LogP contribution in [0.5, 0.6) is 0 Å². The maximum absolute atomic E-state index is 12.9. The molecule has 0 aliphatic carbocycles. The Morgan fingerprint density at radius 3 is 2.33 bits per heavy atom. The number of para-hydroxylation sites is 1. The van der Waals surface area contributed by atoms with Crippen molar-refractivity contribution in [1.82, 2.24) is 9.88 Å². The molecular weight excluding hydrogens is 438 g/mol. The van der Waals surface area contributed by atoms with Crippen LogP contribution in [-0.4, -0.2) is 54.9 Å². The largest absolute Gasteiger partial charge is 0.370 e. The molecule has 0 unspecified atom stereocenters. The summed E-state index contributed by atoms with van der Waals surface area (Å²) in [4.78, 5) is 34.4. The molecule has 1 fully saturated rings. The lowest BCUT2D eigenvalue weighted by Crippen LogP contribution is -2.28. The van der Waals surface area contributed by atoms with Crippen molar-refractivity contribution in [2.24, 2.45) is 0 Å². The monoisotopic (exact) mass is 465 g/mol. The van der Waals surface area contributed by atoms with Crippen LogP contribution in [0.2, 0.25) is 0 Å². The fourth-order valence-electron chi connectivity index (χ4n) is 3.73. The zero-order valence-electron chi connectivity index (χ0n) is 18.5. The van der Waals surface area contributed by atoms with Crippen molar-refractivity contribution in [2.75, 3.05) is 48.8 Å². The smallest absolute Gasteiger partial charge is 0.258 e. The molecule has 0 radical (unpaired) electrons. The molecule has 2 N–H and O–H groups in total. The minimum atomic E-state index is -0.332. The summed E-state index contributed by atoms with van der Waals surface area (Å²) in [5, 5.41) is 5.62. The van der Waals surface area contributed by atoms with Gasteiger partial charge in [0.2, 0.25) is 0 Å². The zero-order chi connectivity index (χ0) is 22.3. The van der Waals surface area contributed by atoms with Crippen molar-refractivity contribution in [3.8, 4) is 0 Å². The van der Waals surface area contributed by atoms with E-state index in [9.17, 15) is 9.59 Å². The Labute approximate surface area is 200 Å². The Hall–Kier alpha value is -3.42. The number of rotatable bonds is 5. The van der Waals surface area contributed by atoms with Gasteiger partial charge in [0.25, 0.3) is 11.8 Å². The second-order valence-electron chi connectivity index (χ2n) is 7.86. The molecule has 3 aromatic rings. The van der Waals surface area contributed by atoms with Crippen molar-refractivity contribution in [3.05, 3.63) is 84.1 Å². The first-order chi connectivity index (χ1) is 15.6. The van der Waals surface area contributed by atoms with Gasteiger partial charge in [-0.15, -0.1) is 12.4 Å². The zero-order valence-corrected chi connectivity index (χ0v) is 19.3. The van der Waals surface area contributed by atoms with Gasteiger partial charge in [0.15, 0.2) is 0 Å². The molecule has 1 aromatic heterocycles. The van der Waals surface area contributed by atoms with E-state index in [1.807, 2.05) is 24.3 Å². The fourth-order valence-corrected chi connectivity index (χ4v) is 3.73. The van der Waals surface area contributed by atoms with Gasteiger partial charge in [-0.3, -0.25) is 9.59 Å². The Bertz CT molecular complexity index is 1080. The van der Waals surface area contributed by atoms with Crippen molar-refractivity contribution in [2.45, 2.75) is 6.42 Å². The standard InChI is InChI=1S/C25H27N5O2.ClH/c1-29-15-6-16-30(18-17-29)20-12-10-19(11-13-20)24(31)27-22-8-3-2-7-21(22)25(32)28-23-9-4-5-14-26-23;/h2-5,7-14H,6,15-18H2,1H3,(H,27,31)(H,26,28,32);1H. The second kappa shape index (κ2) is 11.4. The Morgan fingerprint density at radius 2 is 1.58 bits per heavy atom. The van der Waals surface area contributed by atoms with Gasteiger partial charge in [0, 0.05) is 37.1 Å². The van der Waals surface area contributed by atoms with Crippen LogP contribution in [0.4, 0.5) is 17.2 Å². The second-order valence-corrected chi connectivity index (χ2v) is 7.86. The number of amides is 2. The first-order valence-corrected chi connectivity index (χ1v) is 10.8. The quantitative estimate of drug-likeness (QED) is 0.592. The number of hydrogen-bond donors (Lipinski definition) is 2. The van der Waals surface area contributed by atoms with Gasteiger partial charge in [-0.2, -0.15) is 0 Å². The van der Waals surface area contributed by atoms with Gasteiger partial charge in [0.1, 0.15) is 5.82 Å². The number of carbonyl (C=O) groups excluding carboxylic acids is 2. The average molecular weight is 466 g/mol. The maximum atomic E-state index is 12.9. The fraction of sp³-hybridized carbons (Fsp3) is 0.240. The summed E-state index contributed by atoms with van der Waals surface area (Å²) in [7, 11) is 2.14. The molecule has 0 saturated carbocycles. The van der Waals surface area contributed by atoms with Crippen LogP contribution >= 0.6 is 12.4 Å². The Morgan fingerprint density at radius 1 is 0.818 bits per heavy atom. The van der Waals surface area contributed by atoms with E-state index in [1.54, 1.807) is 48.7 Å². The molecule has 2 heterocycles. The number of halogens is 1. The summed E-state index contributed by atoms with van der Waals surface area (Å²) >= 11 is 0. The maximum Gasteiger partial charge on any atom is 0.258 e. The molecule has 7 nitrogen and oxygen atoms in total. The van der Waals surface area contributed by atoms with E-state index < -0.39 is 0 Å². The van der Waals surface area contributed by atoms with E-state index in [2.05, 4.69) is 32.5 Å². The summed E-state index contributed by atoms with van der Waals surface area (Å²) in [5.74, 6) is -0.139. The average Bonchev–Trinajstić information content (AvgIpc) is 3.04. The normalized spacial score (nSPS) is 14.0.